The summed E-state index contributed by atoms with van der Waals surface area (Å²) in [4.78, 5) is 11.7. The molecule has 0 spiro atoms. The van der Waals surface area contributed by atoms with Crippen LogP contribution in [-0.2, 0) is 19.1 Å². The van der Waals surface area contributed by atoms with Crippen molar-refractivity contribution in [1.29, 1.82) is 0 Å². The predicted molar refractivity (Wildman–Crippen MR) is 66.7 cm³/mol. The minimum absolute atomic E-state index is 0.103. The molecule has 1 aromatic rings. The van der Waals surface area contributed by atoms with E-state index in [0.29, 0.717) is 12.8 Å². The highest BCUT2D eigenvalue weighted by Gasteiger charge is 2.29. The van der Waals surface area contributed by atoms with E-state index in [4.69, 9.17) is 4.18 Å². The van der Waals surface area contributed by atoms with Crippen LogP contribution in [0.3, 0.4) is 0 Å². The first-order chi connectivity index (χ1) is 8.49. The van der Waals surface area contributed by atoms with E-state index in [-0.39, 0.29) is 10.7 Å². The first-order valence-corrected chi connectivity index (χ1v) is 7.42. The number of hydrogen-bond donors (Lipinski definition) is 0. The molecule has 0 heterocycles. The molecule has 0 aliphatic heterocycles. The van der Waals surface area contributed by atoms with Gasteiger partial charge in [0.1, 0.15) is 6.10 Å². The summed E-state index contributed by atoms with van der Waals surface area (Å²) in [5, 5.41) is 0. The Balaban J connectivity index is 2.16. The molecular formula is C13H16O4S. The van der Waals surface area contributed by atoms with Gasteiger partial charge in [0.2, 0.25) is 0 Å². The van der Waals surface area contributed by atoms with Crippen molar-refractivity contribution in [2.45, 2.75) is 43.6 Å². The van der Waals surface area contributed by atoms with E-state index in [0.717, 1.165) is 18.4 Å². The topological polar surface area (TPSA) is 60.4 Å². The molecule has 1 fully saturated rings. The van der Waals surface area contributed by atoms with Crippen LogP contribution in [0.2, 0.25) is 0 Å². The van der Waals surface area contributed by atoms with E-state index < -0.39 is 16.2 Å². The van der Waals surface area contributed by atoms with Crippen LogP contribution in [0.25, 0.3) is 0 Å². The van der Waals surface area contributed by atoms with Gasteiger partial charge in [0.15, 0.2) is 5.78 Å². The Kier molecular flexibility index (Phi) is 3.82. The van der Waals surface area contributed by atoms with Crippen LogP contribution in [0.4, 0.5) is 0 Å². The number of Topliss-reactive ketones (excluding diaryl/α,β-unsaturated/α-hetero) is 1. The first-order valence-electron chi connectivity index (χ1n) is 6.02. The van der Waals surface area contributed by atoms with E-state index in [1.54, 1.807) is 12.1 Å². The molecule has 1 aliphatic carbocycles. The monoisotopic (exact) mass is 268 g/mol. The zero-order valence-corrected chi connectivity index (χ0v) is 11.1. The van der Waals surface area contributed by atoms with E-state index in [1.807, 2.05) is 6.92 Å². The molecule has 1 aromatic carbocycles. The number of rotatable bonds is 3. The molecule has 1 aliphatic rings. The maximum Gasteiger partial charge on any atom is 0.297 e. The third-order valence-electron chi connectivity index (χ3n) is 3.05. The second kappa shape index (κ2) is 5.20. The number of aryl methyl sites for hydroxylation is 1. The normalized spacial score (nSPS) is 20.9. The summed E-state index contributed by atoms with van der Waals surface area (Å²) in [5.74, 6) is -0.114. The average Bonchev–Trinajstić information content (AvgIpc) is 2.32. The zero-order chi connectivity index (χ0) is 13.2. The number of carbonyl (C=O) groups is 1. The van der Waals surface area contributed by atoms with Gasteiger partial charge in [-0.25, -0.2) is 0 Å². The summed E-state index contributed by atoms with van der Waals surface area (Å²) in [7, 11) is -3.83. The summed E-state index contributed by atoms with van der Waals surface area (Å²) >= 11 is 0. The molecule has 0 bridgehead atoms. The third kappa shape index (κ3) is 2.97. The molecule has 2 rings (SSSR count). The lowest BCUT2D eigenvalue weighted by Gasteiger charge is -2.20. The van der Waals surface area contributed by atoms with Crippen molar-refractivity contribution in [1.82, 2.24) is 0 Å². The largest absolute Gasteiger partial charge is 0.297 e. The molecule has 1 atom stereocenters. The summed E-state index contributed by atoms with van der Waals surface area (Å²) in [6.45, 7) is 1.88. The lowest BCUT2D eigenvalue weighted by Crippen LogP contribution is -2.30. The highest BCUT2D eigenvalue weighted by atomic mass is 32.2. The van der Waals surface area contributed by atoms with Gasteiger partial charge in [-0.1, -0.05) is 17.7 Å². The van der Waals surface area contributed by atoms with E-state index in [1.165, 1.54) is 12.1 Å². The molecule has 1 saturated carbocycles. The Bertz CT molecular complexity index is 531. The fraction of sp³-hybridized carbons (Fsp3) is 0.462. The van der Waals surface area contributed by atoms with Crippen molar-refractivity contribution < 1.29 is 17.4 Å². The molecule has 0 aromatic heterocycles. The van der Waals surface area contributed by atoms with Crippen molar-refractivity contribution in [2.75, 3.05) is 0 Å². The summed E-state index contributed by atoms with van der Waals surface area (Å²) in [6.07, 6.45) is 1.76. The minimum atomic E-state index is -3.83. The number of carbonyl (C=O) groups excluding carboxylic acids is 1. The van der Waals surface area contributed by atoms with Crippen LogP contribution in [0.15, 0.2) is 29.2 Å². The molecular weight excluding hydrogens is 252 g/mol. The van der Waals surface area contributed by atoms with Crippen molar-refractivity contribution in [2.24, 2.45) is 0 Å². The third-order valence-corrected chi connectivity index (χ3v) is 4.39. The summed E-state index contributed by atoms with van der Waals surface area (Å²) in [6, 6.07) is 6.41. The van der Waals surface area contributed by atoms with Gasteiger partial charge < -0.3 is 0 Å². The SMILES string of the molecule is Cc1ccc(S(=O)(=O)OC2CCCCC2=O)cc1. The van der Waals surface area contributed by atoms with E-state index >= 15 is 0 Å². The molecule has 0 amide bonds. The fourth-order valence-electron chi connectivity index (χ4n) is 1.97. The molecule has 4 nitrogen and oxygen atoms in total. The van der Waals surface area contributed by atoms with Gasteiger partial charge in [0.25, 0.3) is 10.1 Å². The second-order valence-corrected chi connectivity index (χ2v) is 6.14. The zero-order valence-electron chi connectivity index (χ0n) is 10.3. The van der Waals surface area contributed by atoms with Crippen LogP contribution >= 0.6 is 0 Å². The van der Waals surface area contributed by atoms with Gasteiger partial charge in [0, 0.05) is 6.42 Å². The Morgan fingerprint density at radius 3 is 2.44 bits per heavy atom. The van der Waals surface area contributed by atoms with E-state index in [9.17, 15) is 13.2 Å². The lowest BCUT2D eigenvalue weighted by molar-refractivity contribution is -0.127. The standard InChI is InChI=1S/C13H16O4S/c1-10-6-8-11(9-7-10)18(15,16)17-13-5-3-2-4-12(13)14/h6-9,13H,2-5H2,1H3. The molecule has 0 N–H and O–H groups in total. The van der Waals surface area contributed by atoms with Crippen LogP contribution in [-0.4, -0.2) is 20.3 Å². The van der Waals surface area contributed by atoms with Crippen LogP contribution in [0.5, 0.6) is 0 Å². The van der Waals surface area contributed by atoms with Crippen molar-refractivity contribution in [3.8, 4) is 0 Å². The number of benzene rings is 1. The lowest BCUT2D eigenvalue weighted by atomic mass is 9.97. The van der Waals surface area contributed by atoms with Gasteiger partial charge in [-0.15, -0.1) is 0 Å². The first kappa shape index (κ1) is 13.2. The molecule has 18 heavy (non-hydrogen) atoms. The smallest absolute Gasteiger partial charge is 0.297 e. The Labute approximate surface area is 107 Å². The van der Waals surface area contributed by atoms with Gasteiger partial charge in [-0.05, 0) is 38.3 Å². The molecule has 0 radical (unpaired) electrons. The van der Waals surface area contributed by atoms with E-state index in [2.05, 4.69) is 0 Å². The van der Waals surface area contributed by atoms with Gasteiger partial charge in [0.05, 0.1) is 4.90 Å². The molecule has 5 heteroatoms. The van der Waals surface area contributed by atoms with Crippen LogP contribution in [0.1, 0.15) is 31.2 Å². The van der Waals surface area contributed by atoms with Crippen LogP contribution in [0, 0.1) is 6.92 Å². The maximum absolute atomic E-state index is 12.0. The fourth-order valence-corrected chi connectivity index (χ4v) is 3.06. The molecule has 98 valence electrons. The number of ketones is 1. The Hall–Kier alpha value is -1.20. The molecule has 1 unspecified atom stereocenters. The van der Waals surface area contributed by atoms with Gasteiger partial charge in [-0.3, -0.25) is 8.98 Å². The molecule has 0 saturated heterocycles. The highest BCUT2D eigenvalue weighted by molar-refractivity contribution is 7.86. The number of hydrogen-bond acceptors (Lipinski definition) is 4. The summed E-state index contributed by atoms with van der Waals surface area (Å²) in [5.41, 5.74) is 0.975. The van der Waals surface area contributed by atoms with Gasteiger partial charge >= 0.3 is 0 Å². The quantitative estimate of drug-likeness (QED) is 0.789. The summed E-state index contributed by atoms with van der Waals surface area (Å²) < 4.78 is 29.0. The van der Waals surface area contributed by atoms with Crippen molar-refractivity contribution >= 4 is 15.9 Å². The predicted octanol–water partition coefficient (Wildman–Crippen LogP) is 2.21. The van der Waals surface area contributed by atoms with Crippen molar-refractivity contribution in [3.63, 3.8) is 0 Å². The Morgan fingerprint density at radius 2 is 1.83 bits per heavy atom. The minimum Gasteiger partial charge on any atom is -0.297 e. The second-order valence-electron chi connectivity index (χ2n) is 4.56. The van der Waals surface area contributed by atoms with Crippen LogP contribution < -0.4 is 0 Å². The maximum atomic E-state index is 12.0. The average molecular weight is 268 g/mol. The van der Waals surface area contributed by atoms with Gasteiger partial charge in [-0.2, -0.15) is 8.42 Å². The van der Waals surface area contributed by atoms with Crippen molar-refractivity contribution in [3.05, 3.63) is 29.8 Å². The highest BCUT2D eigenvalue weighted by Crippen LogP contribution is 2.22. The Morgan fingerprint density at radius 1 is 1.17 bits per heavy atom.